The van der Waals surface area contributed by atoms with Crippen LogP contribution >= 0.6 is 0 Å². The SMILES string of the molecule is CCCCCCCCc1ccc(CCC(CCCOC2CCCCO2)(NC(=O)OC)C(=O)OCC)cc1.CCCCCCCCc1ccc(CCC(N)(CO)CCCOC2CCCCO2)cc1. The summed E-state index contributed by atoms with van der Waals surface area (Å²) in [5.41, 5.74) is 9.95. The summed E-state index contributed by atoms with van der Waals surface area (Å²) in [5.74, 6) is -0.436. The Kier molecular flexibility index (Phi) is 31.3. The van der Waals surface area contributed by atoms with E-state index in [1.54, 1.807) is 6.92 Å². The van der Waals surface area contributed by atoms with Crippen molar-refractivity contribution in [1.29, 1.82) is 0 Å². The molecule has 11 heteroatoms. The number of ether oxygens (including phenoxy) is 6. The molecule has 4 atom stereocenters. The number of amides is 1. The van der Waals surface area contributed by atoms with E-state index in [1.165, 1.54) is 114 Å². The van der Waals surface area contributed by atoms with Gasteiger partial charge in [-0.2, -0.15) is 0 Å². The second-order valence-electron chi connectivity index (χ2n) is 19.1. The van der Waals surface area contributed by atoms with E-state index in [-0.39, 0.29) is 25.8 Å². The van der Waals surface area contributed by atoms with Crippen molar-refractivity contribution < 1.29 is 43.1 Å². The van der Waals surface area contributed by atoms with Gasteiger partial charge in [0.1, 0.15) is 5.54 Å². The van der Waals surface area contributed by atoms with Gasteiger partial charge in [0.05, 0.1) is 20.3 Å². The van der Waals surface area contributed by atoms with Gasteiger partial charge in [-0.25, -0.2) is 9.59 Å². The number of unbranched alkanes of at least 4 members (excludes halogenated alkanes) is 10. The van der Waals surface area contributed by atoms with E-state index >= 15 is 0 Å². The lowest BCUT2D eigenvalue weighted by atomic mass is 9.86. The van der Waals surface area contributed by atoms with Crippen molar-refractivity contribution in [1.82, 2.24) is 5.32 Å². The number of nitrogens with two attached hydrogens (primary N) is 1. The van der Waals surface area contributed by atoms with Gasteiger partial charge < -0.3 is 44.6 Å². The molecule has 67 heavy (non-hydrogen) atoms. The molecule has 2 heterocycles. The van der Waals surface area contributed by atoms with Crippen LogP contribution in [-0.4, -0.2) is 87.6 Å². The second kappa shape index (κ2) is 36.0. The topological polar surface area (TPSA) is 148 Å². The van der Waals surface area contributed by atoms with Crippen LogP contribution < -0.4 is 11.1 Å². The first-order chi connectivity index (χ1) is 32.7. The highest BCUT2D eigenvalue weighted by atomic mass is 16.7. The van der Waals surface area contributed by atoms with Gasteiger partial charge in [0.2, 0.25) is 0 Å². The fourth-order valence-corrected chi connectivity index (χ4v) is 8.93. The predicted molar refractivity (Wildman–Crippen MR) is 270 cm³/mol. The van der Waals surface area contributed by atoms with Crippen LogP contribution in [0.5, 0.6) is 0 Å². The highest BCUT2D eigenvalue weighted by Gasteiger charge is 2.41. The van der Waals surface area contributed by atoms with Crippen LogP contribution in [0.25, 0.3) is 0 Å². The number of benzene rings is 2. The maximum atomic E-state index is 13.1. The quantitative estimate of drug-likeness (QED) is 0.0457. The van der Waals surface area contributed by atoms with E-state index in [2.05, 4.69) is 67.7 Å². The normalized spacial score (nSPS) is 17.9. The maximum Gasteiger partial charge on any atom is 0.407 e. The summed E-state index contributed by atoms with van der Waals surface area (Å²) in [6.07, 6.45) is 28.9. The Morgan fingerprint density at radius 3 is 1.49 bits per heavy atom. The van der Waals surface area contributed by atoms with Crippen molar-refractivity contribution in [2.75, 3.05) is 46.8 Å². The molecule has 0 spiro atoms. The minimum atomic E-state index is -1.18. The van der Waals surface area contributed by atoms with Gasteiger partial charge in [0.25, 0.3) is 0 Å². The first-order valence-corrected chi connectivity index (χ1v) is 26.7. The Morgan fingerprint density at radius 1 is 0.612 bits per heavy atom. The molecular formula is C56H94N2O9. The Balaban J connectivity index is 0.000000363. The highest BCUT2D eigenvalue weighted by molar-refractivity contribution is 5.85. The predicted octanol–water partition coefficient (Wildman–Crippen LogP) is 12.0. The van der Waals surface area contributed by atoms with Gasteiger partial charge in [-0.3, -0.25) is 0 Å². The lowest BCUT2D eigenvalue weighted by molar-refractivity contribution is -0.164. The molecule has 0 radical (unpaired) electrons. The van der Waals surface area contributed by atoms with Crippen LogP contribution in [0.1, 0.15) is 197 Å². The molecule has 4 unspecified atom stereocenters. The van der Waals surface area contributed by atoms with Gasteiger partial charge in [0, 0.05) is 32.0 Å². The van der Waals surface area contributed by atoms with E-state index in [9.17, 15) is 14.7 Å². The maximum absolute atomic E-state index is 13.1. The first-order valence-electron chi connectivity index (χ1n) is 26.7. The summed E-state index contributed by atoms with van der Waals surface area (Å²) in [5, 5.41) is 12.7. The Bertz CT molecular complexity index is 1530. The van der Waals surface area contributed by atoms with Gasteiger partial charge in [-0.05, 0) is 145 Å². The fourth-order valence-electron chi connectivity index (χ4n) is 8.93. The summed E-state index contributed by atoms with van der Waals surface area (Å²) >= 11 is 0. The molecular weight excluding hydrogens is 845 g/mol. The van der Waals surface area contributed by atoms with E-state index in [1.807, 2.05) is 0 Å². The van der Waals surface area contributed by atoms with Crippen molar-refractivity contribution in [2.24, 2.45) is 5.73 Å². The first kappa shape index (κ1) is 58.3. The van der Waals surface area contributed by atoms with Gasteiger partial charge >= 0.3 is 12.1 Å². The molecule has 2 aromatic carbocycles. The van der Waals surface area contributed by atoms with E-state index in [0.29, 0.717) is 38.9 Å². The molecule has 1 amide bonds. The van der Waals surface area contributed by atoms with Crippen LogP contribution in [0.3, 0.4) is 0 Å². The molecule has 2 aromatic rings. The van der Waals surface area contributed by atoms with Gasteiger partial charge in [-0.15, -0.1) is 0 Å². The molecule has 0 saturated carbocycles. The van der Waals surface area contributed by atoms with Crippen LogP contribution in [0.15, 0.2) is 48.5 Å². The molecule has 2 aliphatic rings. The minimum absolute atomic E-state index is 0.0169. The monoisotopic (exact) mass is 939 g/mol. The minimum Gasteiger partial charge on any atom is -0.464 e. The molecule has 2 fully saturated rings. The van der Waals surface area contributed by atoms with Crippen LogP contribution in [0.2, 0.25) is 0 Å². The zero-order chi connectivity index (χ0) is 48.3. The average molecular weight is 939 g/mol. The third-order valence-electron chi connectivity index (χ3n) is 13.4. The lowest BCUT2D eigenvalue weighted by Crippen LogP contribution is -2.55. The zero-order valence-electron chi connectivity index (χ0n) is 42.6. The Labute approximate surface area is 406 Å². The number of hydrogen-bond donors (Lipinski definition) is 3. The number of hydrogen-bond acceptors (Lipinski definition) is 10. The molecule has 2 saturated heterocycles. The molecule has 382 valence electrons. The Morgan fingerprint density at radius 2 is 1.06 bits per heavy atom. The van der Waals surface area contributed by atoms with Crippen molar-refractivity contribution in [3.8, 4) is 0 Å². The van der Waals surface area contributed by atoms with Crippen molar-refractivity contribution in [3.05, 3.63) is 70.8 Å². The zero-order valence-corrected chi connectivity index (χ0v) is 42.6. The van der Waals surface area contributed by atoms with E-state index < -0.39 is 23.1 Å². The summed E-state index contributed by atoms with van der Waals surface area (Å²) in [6, 6.07) is 17.6. The number of esters is 1. The summed E-state index contributed by atoms with van der Waals surface area (Å²) in [4.78, 5) is 25.4. The van der Waals surface area contributed by atoms with E-state index in [0.717, 1.165) is 83.0 Å². The number of aryl methyl sites for hydroxylation is 4. The summed E-state index contributed by atoms with van der Waals surface area (Å²) in [7, 11) is 1.30. The van der Waals surface area contributed by atoms with E-state index in [4.69, 9.17) is 34.2 Å². The number of aliphatic hydroxyl groups is 1. The molecule has 0 aliphatic carbocycles. The van der Waals surface area contributed by atoms with Crippen LogP contribution in [0, 0.1) is 0 Å². The molecule has 11 nitrogen and oxygen atoms in total. The lowest BCUT2D eigenvalue weighted by Gasteiger charge is -2.32. The summed E-state index contributed by atoms with van der Waals surface area (Å²) < 4.78 is 33.2. The molecule has 0 bridgehead atoms. The van der Waals surface area contributed by atoms with Crippen LogP contribution in [-0.2, 0) is 58.9 Å². The Hall–Kier alpha value is -3.06. The summed E-state index contributed by atoms with van der Waals surface area (Å²) in [6.45, 7) is 9.15. The number of nitrogens with one attached hydrogen (secondary N) is 1. The number of methoxy groups -OCH3 is 1. The number of carbonyl (C=O) groups is 2. The average Bonchev–Trinajstić information content (AvgIpc) is 3.36. The third kappa shape index (κ3) is 25.4. The largest absolute Gasteiger partial charge is 0.464 e. The standard InChI is InChI=1S/C30H49NO6.C26H45NO3/c1-4-6-7-8-9-10-14-25-16-18-26(19-17-25)20-22-30(28(32)35-5-2,31-29(33)34-3)21-13-24-37-27-15-11-12-23-36-27;1-2-3-4-5-6-7-11-23-13-15-24(16-14-23)17-19-26(27,22-28)18-10-21-30-25-12-8-9-20-29-25/h16-19,27H,4-15,20-24H2,1-3H3,(H,31,33);13-16,25,28H,2-12,17-22,27H2,1H3. The van der Waals surface area contributed by atoms with Gasteiger partial charge in [-0.1, -0.05) is 127 Å². The van der Waals surface area contributed by atoms with Crippen molar-refractivity contribution in [3.63, 3.8) is 0 Å². The number of alkyl carbamates (subject to hydrolysis) is 1. The van der Waals surface area contributed by atoms with Crippen molar-refractivity contribution >= 4 is 12.1 Å². The molecule has 4 rings (SSSR count). The smallest absolute Gasteiger partial charge is 0.407 e. The van der Waals surface area contributed by atoms with Crippen molar-refractivity contribution in [2.45, 2.75) is 224 Å². The second-order valence-corrected chi connectivity index (χ2v) is 19.1. The fraction of sp³-hybridized carbons (Fsp3) is 0.750. The molecule has 0 aromatic heterocycles. The van der Waals surface area contributed by atoms with Gasteiger partial charge in [0.15, 0.2) is 12.6 Å². The molecule has 4 N–H and O–H groups in total. The molecule has 2 aliphatic heterocycles. The number of rotatable bonds is 34. The number of carbonyl (C=O) groups excluding carboxylic acids is 2. The van der Waals surface area contributed by atoms with Crippen LogP contribution in [0.4, 0.5) is 4.79 Å². The third-order valence-corrected chi connectivity index (χ3v) is 13.4. The highest BCUT2D eigenvalue weighted by Crippen LogP contribution is 2.26. The number of aliphatic hydroxyl groups excluding tert-OH is 1.